The van der Waals surface area contributed by atoms with Crippen LogP contribution in [0.25, 0.3) is 0 Å². The van der Waals surface area contributed by atoms with Gasteiger partial charge in [-0.2, -0.15) is 13.2 Å². The molecule has 15 heteroatoms. The van der Waals surface area contributed by atoms with Crippen LogP contribution in [-0.2, 0) is 20.6 Å². The lowest BCUT2D eigenvalue weighted by molar-refractivity contribution is -0.137. The smallest absolute Gasteiger partial charge is 0.416 e. The van der Waals surface area contributed by atoms with Crippen LogP contribution in [0, 0.1) is 18.3 Å². The van der Waals surface area contributed by atoms with Crippen LogP contribution >= 0.6 is 0 Å². The highest BCUT2D eigenvalue weighted by atomic mass is 19.4. The lowest BCUT2D eigenvalue weighted by atomic mass is 10.1. The number of aliphatic hydroxyl groups is 1. The summed E-state index contributed by atoms with van der Waals surface area (Å²) in [6, 6.07) is 3.02. The van der Waals surface area contributed by atoms with E-state index in [1.807, 2.05) is 18.9 Å². The monoisotopic (exact) mass is 676 g/mol. The summed E-state index contributed by atoms with van der Waals surface area (Å²) >= 11 is 0. The van der Waals surface area contributed by atoms with E-state index >= 15 is 0 Å². The number of carbonyl (C=O) groups is 3. The van der Waals surface area contributed by atoms with Crippen molar-refractivity contribution in [2.75, 3.05) is 66.2 Å². The van der Waals surface area contributed by atoms with Crippen LogP contribution in [-0.4, -0.2) is 114 Å². The Morgan fingerprint density at radius 3 is 2.15 bits per heavy atom. The molecule has 4 N–H and O–H groups in total. The topological polar surface area (TPSA) is 136 Å². The molecule has 48 heavy (non-hydrogen) atoms. The molecule has 0 aromatic heterocycles. The molecule has 1 aliphatic carbocycles. The number of aliphatic hydroxyl groups excluding tert-OH is 1. The average molecular weight is 677 g/mol. The van der Waals surface area contributed by atoms with E-state index in [4.69, 9.17) is 5.41 Å². The fourth-order valence-corrected chi connectivity index (χ4v) is 5.14. The van der Waals surface area contributed by atoms with Gasteiger partial charge in [-0.15, -0.1) is 0 Å². The summed E-state index contributed by atoms with van der Waals surface area (Å²) < 4.78 is 39.3. The zero-order valence-corrected chi connectivity index (χ0v) is 28.7. The van der Waals surface area contributed by atoms with Crippen molar-refractivity contribution in [3.8, 4) is 0 Å². The lowest BCUT2D eigenvalue weighted by Gasteiger charge is -2.39. The van der Waals surface area contributed by atoms with E-state index in [9.17, 15) is 32.7 Å². The van der Waals surface area contributed by atoms with E-state index in [0.29, 0.717) is 29.4 Å². The summed E-state index contributed by atoms with van der Waals surface area (Å²) in [6.07, 6.45) is -2.04. The van der Waals surface area contributed by atoms with Gasteiger partial charge < -0.3 is 35.4 Å². The largest absolute Gasteiger partial charge is 0.504 e. The number of likely N-dealkylation sites (N-methyl/N-ethyl adjacent to an activating group) is 1. The van der Waals surface area contributed by atoms with Crippen LogP contribution in [0.5, 0.6) is 0 Å². The number of rotatable bonds is 13. The Kier molecular flexibility index (Phi) is 12.2. The van der Waals surface area contributed by atoms with Gasteiger partial charge in [0.25, 0.3) is 11.8 Å². The number of aryl methyl sites for hydroxylation is 1. The molecule has 1 saturated carbocycles. The zero-order valence-electron chi connectivity index (χ0n) is 28.7. The Bertz CT molecular complexity index is 1490. The van der Waals surface area contributed by atoms with E-state index in [1.54, 1.807) is 30.9 Å². The fourth-order valence-electron chi connectivity index (χ4n) is 5.14. The lowest BCUT2D eigenvalue weighted by Crippen LogP contribution is -2.53. The van der Waals surface area contributed by atoms with Crippen molar-refractivity contribution >= 4 is 29.1 Å². The molecule has 0 atom stereocenters. The third kappa shape index (κ3) is 9.22. The van der Waals surface area contributed by atoms with Crippen LogP contribution in [0.1, 0.15) is 44.2 Å². The molecule has 12 nitrogen and oxygen atoms in total. The van der Waals surface area contributed by atoms with Gasteiger partial charge in [0.15, 0.2) is 11.5 Å². The highest BCUT2D eigenvalue weighted by molar-refractivity contribution is 6.43. The first kappa shape index (κ1) is 37.8. The van der Waals surface area contributed by atoms with E-state index in [-0.39, 0.29) is 44.0 Å². The summed E-state index contributed by atoms with van der Waals surface area (Å²) in [5.74, 6) is -1.75. The summed E-state index contributed by atoms with van der Waals surface area (Å²) in [4.78, 5) is 46.3. The number of carbonyl (C=O) groups excluding carboxylic acids is 3. The second-order valence-electron chi connectivity index (χ2n) is 12.3. The van der Waals surface area contributed by atoms with Gasteiger partial charge in [-0.3, -0.25) is 24.8 Å². The van der Waals surface area contributed by atoms with Gasteiger partial charge in [-0.1, -0.05) is 13.5 Å². The van der Waals surface area contributed by atoms with Crippen molar-refractivity contribution in [1.29, 1.82) is 5.41 Å². The number of halogens is 3. The number of benzene rings is 1. The number of nitrogens with one attached hydrogen (secondary N) is 3. The molecular weight excluding hydrogens is 629 g/mol. The number of anilines is 1. The maximum absolute atomic E-state index is 14.1. The van der Waals surface area contributed by atoms with Crippen LogP contribution in [0.2, 0.25) is 0 Å². The molecule has 1 heterocycles. The van der Waals surface area contributed by atoms with Gasteiger partial charge in [0.05, 0.1) is 23.5 Å². The minimum atomic E-state index is -4.52. The van der Waals surface area contributed by atoms with Crippen molar-refractivity contribution in [3.05, 3.63) is 64.5 Å². The maximum atomic E-state index is 14.1. The predicted molar refractivity (Wildman–Crippen MR) is 177 cm³/mol. The normalized spacial score (nSPS) is 16.0. The molecule has 1 aromatic carbocycles. The molecular formula is C33H47F3N8O4. The van der Waals surface area contributed by atoms with Gasteiger partial charge in [0.2, 0.25) is 5.91 Å². The molecule has 2 fully saturated rings. The van der Waals surface area contributed by atoms with Gasteiger partial charge >= 0.3 is 6.18 Å². The van der Waals surface area contributed by atoms with Gasteiger partial charge in [0, 0.05) is 71.7 Å². The highest BCUT2D eigenvalue weighted by Crippen LogP contribution is 2.36. The molecule has 0 unspecified atom stereocenters. The number of hydrazine groups is 1. The van der Waals surface area contributed by atoms with Crippen molar-refractivity contribution in [3.63, 3.8) is 0 Å². The minimum Gasteiger partial charge on any atom is -0.504 e. The third-order valence-electron chi connectivity index (χ3n) is 8.53. The van der Waals surface area contributed by atoms with E-state index < -0.39 is 40.9 Å². The van der Waals surface area contributed by atoms with Crippen LogP contribution < -0.4 is 10.7 Å². The van der Waals surface area contributed by atoms with E-state index in [0.717, 1.165) is 30.7 Å². The van der Waals surface area contributed by atoms with Crippen molar-refractivity contribution in [2.24, 2.45) is 5.92 Å². The van der Waals surface area contributed by atoms with Gasteiger partial charge in [-0.05, 0) is 56.9 Å². The van der Waals surface area contributed by atoms with Crippen molar-refractivity contribution in [2.45, 2.75) is 46.2 Å². The second-order valence-corrected chi connectivity index (χ2v) is 12.3. The minimum absolute atomic E-state index is 0.172. The summed E-state index contributed by atoms with van der Waals surface area (Å²) in [6.45, 7) is 9.55. The summed E-state index contributed by atoms with van der Waals surface area (Å²) in [5.41, 5.74) is 4.50. The Hall–Kier alpha value is -4.69. The number of alkyl halides is 3. The molecule has 2 aliphatic rings. The Morgan fingerprint density at radius 2 is 1.65 bits per heavy atom. The summed E-state index contributed by atoms with van der Waals surface area (Å²) in [7, 11) is 6.67. The molecule has 1 aliphatic heterocycles. The molecule has 0 spiro atoms. The van der Waals surface area contributed by atoms with Crippen molar-refractivity contribution in [1.82, 2.24) is 30.0 Å². The summed E-state index contributed by atoms with van der Waals surface area (Å²) in [5, 5.41) is 23.1. The van der Waals surface area contributed by atoms with E-state index in [2.05, 4.69) is 17.3 Å². The number of hydrogen-bond acceptors (Lipinski definition) is 9. The quantitative estimate of drug-likeness (QED) is 0.107. The molecule has 1 saturated heterocycles. The number of nitrogens with zero attached hydrogens (tertiary/aromatic N) is 5. The Morgan fingerprint density at radius 1 is 1.06 bits per heavy atom. The van der Waals surface area contributed by atoms with Crippen molar-refractivity contribution < 1.29 is 32.7 Å². The SMILES string of the molecule is C=C(C1CC1)N(C)N/C(CC)=C(\C(=O)N(C)CC(=O)Nc1ccc(C(F)(F)F)cc1C)N1CCN(C(=O)C(=N)/C(O)=C(/C)N(C)C)CC1. The number of allylic oxidation sites excluding steroid dienone is 3. The first-order chi connectivity index (χ1) is 22.4. The van der Waals surface area contributed by atoms with Crippen LogP contribution in [0.4, 0.5) is 18.9 Å². The van der Waals surface area contributed by atoms with Crippen LogP contribution in [0.3, 0.4) is 0 Å². The molecule has 0 bridgehead atoms. The second kappa shape index (κ2) is 15.5. The molecule has 3 amide bonds. The first-order valence-corrected chi connectivity index (χ1v) is 15.7. The molecule has 0 radical (unpaired) electrons. The predicted octanol–water partition coefficient (Wildman–Crippen LogP) is 3.91. The maximum Gasteiger partial charge on any atom is 0.416 e. The zero-order chi connectivity index (χ0) is 36.1. The number of piperazine rings is 1. The fraction of sp³-hybridized carbons (Fsp3) is 0.515. The molecule has 264 valence electrons. The van der Waals surface area contributed by atoms with Gasteiger partial charge in [-0.25, -0.2) is 0 Å². The van der Waals surface area contributed by atoms with Crippen LogP contribution in [0.15, 0.2) is 53.3 Å². The first-order valence-electron chi connectivity index (χ1n) is 15.7. The Balaban J connectivity index is 1.82. The van der Waals surface area contributed by atoms with E-state index in [1.165, 1.54) is 29.8 Å². The molecule has 3 rings (SSSR count). The third-order valence-corrected chi connectivity index (χ3v) is 8.53. The highest BCUT2D eigenvalue weighted by Gasteiger charge is 2.34. The average Bonchev–Trinajstić information content (AvgIpc) is 3.88. The molecule has 1 aromatic rings. The number of amides is 3. The number of hydrogen-bond donors (Lipinski definition) is 4. The Labute approximate surface area is 280 Å². The standard InChI is InChI=1S/C33H47F3N8O4/c1-9-25(39-42(8)21(3)23-10-11-23)29(43-14-16-44(17-15-43)31(47)28(37)30(46)22(4)40(5)6)32(48)41(7)19-27(45)38-26-13-12-24(18-20(26)2)33(34,35)36/h12-13,18,23,37,39,46H,3,9-11,14-17,19H2,1-2,4-8H3,(H,38,45)/b29-25+,30-22+,37-28?. The van der Waals surface area contributed by atoms with Gasteiger partial charge in [0.1, 0.15) is 5.70 Å².